The third-order valence-electron chi connectivity index (χ3n) is 3.65. The van der Waals surface area contributed by atoms with E-state index in [9.17, 15) is 8.42 Å². The average Bonchev–Trinajstić information content (AvgIpc) is 2.90. The highest BCUT2D eigenvalue weighted by Gasteiger charge is 2.35. The summed E-state index contributed by atoms with van der Waals surface area (Å²) in [5.74, 6) is 0.998. The summed E-state index contributed by atoms with van der Waals surface area (Å²) in [5.41, 5.74) is 0. The zero-order chi connectivity index (χ0) is 15.5. The fraction of sp³-hybridized carbons (Fsp3) is 0.571. The quantitative estimate of drug-likeness (QED) is 0.748. The highest BCUT2D eigenvalue weighted by molar-refractivity contribution is 7.89. The Bertz CT molecular complexity index is 561. The van der Waals surface area contributed by atoms with Gasteiger partial charge in [0.1, 0.15) is 12.4 Å². The van der Waals surface area contributed by atoms with Crippen LogP contribution in [0.4, 0.5) is 0 Å². The zero-order valence-electron chi connectivity index (χ0n) is 12.2. The van der Waals surface area contributed by atoms with Crippen LogP contribution in [0.2, 0.25) is 0 Å². The van der Waals surface area contributed by atoms with E-state index in [-0.39, 0.29) is 17.0 Å². The molecule has 1 aliphatic heterocycles. The van der Waals surface area contributed by atoms with Crippen molar-refractivity contribution in [3.8, 4) is 5.75 Å². The molecule has 0 amide bonds. The van der Waals surface area contributed by atoms with Gasteiger partial charge in [-0.1, -0.05) is 0 Å². The number of hydrogen-bond donors (Lipinski definition) is 0. The van der Waals surface area contributed by atoms with E-state index in [0.717, 1.165) is 0 Å². The molecule has 5 nitrogen and oxygen atoms in total. The first-order valence-electron chi connectivity index (χ1n) is 6.85. The third-order valence-corrected chi connectivity index (χ3v) is 5.70. The maximum Gasteiger partial charge on any atom is 0.243 e. The number of hydrogen-bond acceptors (Lipinski definition) is 4. The number of alkyl halides is 1. The minimum Gasteiger partial charge on any atom is -0.492 e. The van der Waals surface area contributed by atoms with Crippen LogP contribution in [0.15, 0.2) is 29.2 Å². The van der Waals surface area contributed by atoms with E-state index in [1.165, 1.54) is 4.31 Å². The largest absolute Gasteiger partial charge is 0.492 e. The fourth-order valence-electron chi connectivity index (χ4n) is 2.41. The molecule has 0 N–H and O–H groups in total. The summed E-state index contributed by atoms with van der Waals surface area (Å²) >= 11 is 5.54. The molecule has 1 fully saturated rings. The van der Waals surface area contributed by atoms with Crippen LogP contribution in [0.1, 0.15) is 13.3 Å². The summed E-state index contributed by atoms with van der Waals surface area (Å²) in [5, 5.41) is 0. The van der Waals surface area contributed by atoms with Crippen LogP contribution in [-0.4, -0.2) is 51.0 Å². The van der Waals surface area contributed by atoms with Crippen molar-refractivity contribution in [1.29, 1.82) is 0 Å². The second-order valence-corrected chi connectivity index (χ2v) is 7.34. The SMILES string of the molecule is CC1OCCC1N(C)S(=O)(=O)c1ccc(OCCCl)cc1. The molecule has 1 aromatic carbocycles. The molecule has 1 aliphatic rings. The second-order valence-electron chi connectivity index (χ2n) is 4.96. The van der Waals surface area contributed by atoms with Gasteiger partial charge in [0, 0.05) is 13.7 Å². The van der Waals surface area contributed by atoms with Crippen LogP contribution >= 0.6 is 11.6 Å². The topological polar surface area (TPSA) is 55.8 Å². The Kier molecular flexibility index (Phi) is 5.48. The Morgan fingerprint density at radius 2 is 2.05 bits per heavy atom. The highest BCUT2D eigenvalue weighted by atomic mass is 35.5. The van der Waals surface area contributed by atoms with Gasteiger partial charge in [-0.05, 0) is 37.6 Å². The monoisotopic (exact) mass is 333 g/mol. The number of benzene rings is 1. The lowest BCUT2D eigenvalue weighted by molar-refractivity contribution is 0.102. The number of ether oxygens (including phenoxy) is 2. The Morgan fingerprint density at radius 3 is 2.57 bits per heavy atom. The van der Waals surface area contributed by atoms with Crippen molar-refractivity contribution in [1.82, 2.24) is 4.31 Å². The highest BCUT2D eigenvalue weighted by Crippen LogP contribution is 2.25. The van der Waals surface area contributed by atoms with E-state index < -0.39 is 10.0 Å². The summed E-state index contributed by atoms with van der Waals surface area (Å²) in [6.45, 7) is 2.88. The van der Waals surface area contributed by atoms with E-state index in [1.54, 1.807) is 31.3 Å². The van der Waals surface area contributed by atoms with Gasteiger partial charge in [0.15, 0.2) is 0 Å². The van der Waals surface area contributed by atoms with Crippen LogP contribution in [0.25, 0.3) is 0 Å². The second kappa shape index (κ2) is 6.96. The van der Waals surface area contributed by atoms with Crippen molar-refractivity contribution in [2.45, 2.75) is 30.4 Å². The molecule has 0 radical (unpaired) electrons. The lowest BCUT2D eigenvalue weighted by Gasteiger charge is -2.26. The number of halogens is 1. The maximum atomic E-state index is 12.6. The molecule has 2 atom stereocenters. The lowest BCUT2D eigenvalue weighted by Crippen LogP contribution is -2.40. The average molecular weight is 334 g/mol. The van der Waals surface area contributed by atoms with Crippen molar-refractivity contribution in [3.05, 3.63) is 24.3 Å². The Morgan fingerprint density at radius 1 is 1.38 bits per heavy atom. The molecule has 0 aliphatic carbocycles. The van der Waals surface area contributed by atoms with E-state index in [0.29, 0.717) is 31.3 Å². The molecule has 0 spiro atoms. The zero-order valence-corrected chi connectivity index (χ0v) is 13.7. The van der Waals surface area contributed by atoms with E-state index in [4.69, 9.17) is 21.1 Å². The normalized spacial score (nSPS) is 22.7. The van der Waals surface area contributed by atoms with Crippen molar-refractivity contribution in [3.63, 3.8) is 0 Å². The molecule has 1 saturated heterocycles. The van der Waals surface area contributed by atoms with Crippen LogP contribution in [-0.2, 0) is 14.8 Å². The van der Waals surface area contributed by atoms with Gasteiger partial charge in [0.2, 0.25) is 10.0 Å². The first-order chi connectivity index (χ1) is 9.96. The molecule has 1 aromatic rings. The molecular formula is C14H20ClNO4S. The standard InChI is InChI=1S/C14H20ClNO4S/c1-11-14(7-9-19-11)16(2)21(17,18)13-5-3-12(4-6-13)20-10-8-15/h3-6,11,14H,7-10H2,1-2H3. The third kappa shape index (κ3) is 3.69. The Balaban J connectivity index is 2.15. The van der Waals surface area contributed by atoms with Gasteiger partial charge in [0.05, 0.1) is 22.9 Å². The minimum atomic E-state index is -3.52. The number of likely N-dealkylation sites (N-methyl/N-ethyl adjacent to an activating group) is 1. The van der Waals surface area contributed by atoms with Gasteiger partial charge in [-0.2, -0.15) is 4.31 Å². The minimum absolute atomic E-state index is 0.0869. The first kappa shape index (κ1) is 16.5. The molecule has 118 valence electrons. The van der Waals surface area contributed by atoms with Crippen molar-refractivity contribution < 1.29 is 17.9 Å². The number of sulfonamides is 1. The molecular weight excluding hydrogens is 314 g/mol. The lowest BCUT2D eigenvalue weighted by atomic mass is 10.2. The van der Waals surface area contributed by atoms with E-state index in [2.05, 4.69) is 0 Å². The van der Waals surface area contributed by atoms with Crippen LogP contribution in [0.5, 0.6) is 5.75 Å². The van der Waals surface area contributed by atoms with Gasteiger partial charge >= 0.3 is 0 Å². The maximum absolute atomic E-state index is 12.6. The van der Waals surface area contributed by atoms with Crippen molar-refractivity contribution >= 4 is 21.6 Å². The Hall–Kier alpha value is -0.820. The molecule has 1 heterocycles. The summed E-state index contributed by atoms with van der Waals surface area (Å²) in [7, 11) is -1.92. The molecule has 2 unspecified atom stereocenters. The van der Waals surface area contributed by atoms with E-state index >= 15 is 0 Å². The van der Waals surface area contributed by atoms with E-state index in [1.807, 2.05) is 6.92 Å². The molecule has 2 rings (SSSR count). The number of nitrogens with zero attached hydrogens (tertiary/aromatic N) is 1. The summed E-state index contributed by atoms with van der Waals surface area (Å²) in [6, 6.07) is 6.26. The van der Waals surface area contributed by atoms with Gasteiger partial charge in [0.25, 0.3) is 0 Å². The summed E-state index contributed by atoms with van der Waals surface area (Å²) < 4.78 is 37.4. The predicted molar refractivity (Wildman–Crippen MR) is 81.4 cm³/mol. The molecule has 7 heteroatoms. The van der Waals surface area contributed by atoms with Crippen LogP contribution < -0.4 is 4.74 Å². The van der Waals surface area contributed by atoms with Crippen LogP contribution in [0.3, 0.4) is 0 Å². The van der Waals surface area contributed by atoms with Gasteiger partial charge in [-0.15, -0.1) is 11.6 Å². The van der Waals surface area contributed by atoms with Crippen LogP contribution in [0, 0.1) is 0 Å². The molecule has 21 heavy (non-hydrogen) atoms. The summed E-state index contributed by atoms with van der Waals surface area (Å²) in [4.78, 5) is 0.252. The summed E-state index contributed by atoms with van der Waals surface area (Å²) in [6.07, 6.45) is 0.629. The number of rotatable bonds is 6. The van der Waals surface area contributed by atoms with Crippen molar-refractivity contribution in [2.24, 2.45) is 0 Å². The molecule has 0 bridgehead atoms. The smallest absolute Gasteiger partial charge is 0.243 e. The van der Waals surface area contributed by atoms with Crippen molar-refractivity contribution in [2.75, 3.05) is 26.1 Å². The molecule has 0 saturated carbocycles. The predicted octanol–water partition coefficient (Wildman–Crippen LogP) is 2.10. The Labute approximate surface area is 130 Å². The first-order valence-corrected chi connectivity index (χ1v) is 8.82. The van der Waals surface area contributed by atoms with Gasteiger partial charge in [-0.25, -0.2) is 8.42 Å². The molecule has 0 aromatic heterocycles. The van der Waals surface area contributed by atoms with Gasteiger partial charge in [-0.3, -0.25) is 0 Å². The van der Waals surface area contributed by atoms with Gasteiger partial charge < -0.3 is 9.47 Å². The fourth-order valence-corrected chi connectivity index (χ4v) is 3.93.